The largest absolute Gasteiger partial charge is 0.506 e. The minimum absolute atomic E-state index is 0.0282. The second-order valence-electron chi connectivity index (χ2n) is 5.71. The number of phenols is 1. The number of carboxylic acid groups (broad SMARTS) is 1. The van der Waals surface area contributed by atoms with E-state index in [9.17, 15) is 19.5 Å². The zero-order chi connectivity index (χ0) is 19.3. The molecule has 0 heterocycles. The fourth-order valence-corrected chi connectivity index (χ4v) is 2.38. The average Bonchev–Trinajstić information content (AvgIpc) is 2.61. The summed E-state index contributed by atoms with van der Waals surface area (Å²) >= 11 is 0. The van der Waals surface area contributed by atoms with Crippen LogP contribution < -0.4 is 10.1 Å². The zero-order valence-electron chi connectivity index (χ0n) is 14.4. The Morgan fingerprint density at radius 3 is 2.42 bits per heavy atom. The Balaban J connectivity index is 2.00. The molecule has 0 saturated carbocycles. The third-order valence-corrected chi connectivity index (χ3v) is 3.75. The van der Waals surface area contributed by atoms with Crippen LogP contribution in [0.3, 0.4) is 0 Å². The molecular weight excluding hydrogens is 338 g/mol. The van der Waals surface area contributed by atoms with Gasteiger partial charge in [-0.15, -0.1) is 0 Å². The molecule has 0 radical (unpaired) electrons. The molecule has 0 aliphatic carbocycles. The Morgan fingerprint density at radius 2 is 1.81 bits per heavy atom. The number of methoxy groups -OCH3 is 1. The predicted octanol–water partition coefficient (Wildman–Crippen LogP) is 3.01. The average molecular weight is 357 g/mol. The zero-order valence-corrected chi connectivity index (χ0v) is 14.4. The van der Waals surface area contributed by atoms with Gasteiger partial charge in [0.15, 0.2) is 5.78 Å². The number of rotatable bonds is 7. The third-order valence-electron chi connectivity index (χ3n) is 3.75. The molecule has 0 atom stereocenters. The summed E-state index contributed by atoms with van der Waals surface area (Å²) in [4.78, 5) is 35.2. The first-order chi connectivity index (χ1) is 12.3. The van der Waals surface area contributed by atoms with Gasteiger partial charge in [-0.25, -0.2) is 4.79 Å². The molecule has 0 aromatic heterocycles. The van der Waals surface area contributed by atoms with Crippen molar-refractivity contribution in [1.29, 1.82) is 0 Å². The van der Waals surface area contributed by atoms with E-state index in [0.717, 1.165) is 11.6 Å². The molecule has 0 unspecified atom stereocenters. The van der Waals surface area contributed by atoms with E-state index in [1.807, 2.05) is 13.0 Å². The number of Topliss-reactive ketones (excluding diaryl/α,β-unsaturated/α-hetero) is 1. The van der Waals surface area contributed by atoms with E-state index in [-0.39, 0.29) is 35.6 Å². The molecule has 0 bridgehead atoms. The van der Waals surface area contributed by atoms with Gasteiger partial charge in [0, 0.05) is 12.8 Å². The molecular formula is C19H19NO6. The lowest BCUT2D eigenvalue weighted by atomic mass is 10.0. The molecule has 7 nitrogen and oxygen atoms in total. The molecule has 0 aliphatic rings. The van der Waals surface area contributed by atoms with Gasteiger partial charge in [0.05, 0.1) is 23.9 Å². The van der Waals surface area contributed by atoms with Crippen molar-refractivity contribution in [3.8, 4) is 11.5 Å². The first-order valence-corrected chi connectivity index (χ1v) is 7.86. The molecule has 7 heteroatoms. The van der Waals surface area contributed by atoms with Gasteiger partial charge in [-0.2, -0.15) is 0 Å². The van der Waals surface area contributed by atoms with Crippen LogP contribution in [0.1, 0.15) is 39.1 Å². The maximum absolute atomic E-state index is 12.3. The van der Waals surface area contributed by atoms with Crippen LogP contribution in [-0.2, 0) is 4.79 Å². The van der Waals surface area contributed by atoms with E-state index >= 15 is 0 Å². The van der Waals surface area contributed by atoms with E-state index in [1.54, 1.807) is 12.1 Å². The summed E-state index contributed by atoms with van der Waals surface area (Å²) < 4.78 is 5.17. The van der Waals surface area contributed by atoms with Crippen molar-refractivity contribution < 1.29 is 29.3 Å². The summed E-state index contributed by atoms with van der Waals surface area (Å²) in [7, 11) is 1.47. The van der Waals surface area contributed by atoms with Crippen LogP contribution in [0.2, 0.25) is 0 Å². The molecule has 26 heavy (non-hydrogen) atoms. The second kappa shape index (κ2) is 8.15. The van der Waals surface area contributed by atoms with Gasteiger partial charge in [-0.1, -0.05) is 11.6 Å². The minimum Gasteiger partial charge on any atom is -0.506 e. The lowest BCUT2D eigenvalue weighted by Gasteiger charge is -2.10. The number of benzene rings is 2. The van der Waals surface area contributed by atoms with E-state index in [1.165, 1.54) is 19.2 Å². The normalized spacial score (nSPS) is 10.2. The van der Waals surface area contributed by atoms with Crippen molar-refractivity contribution >= 4 is 23.3 Å². The topological polar surface area (TPSA) is 113 Å². The lowest BCUT2D eigenvalue weighted by molar-refractivity contribution is -0.116. The Bertz CT molecular complexity index is 859. The molecule has 2 aromatic rings. The van der Waals surface area contributed by atoms with E-state index in [4.69, 9.17) is 9.84 Å². The van der Waals surface area contributed by atoms with Gasteiger partial charge in [0.2, 0.25) is 5.91 Å². The van der Waals surface area contributed by atoms with Crippen LogP contribution >= 0.6 is 0 Å². The first-order valence-electron chi connectivity index (χ1n) is 7.86. The molecule has 1 amide bonds. The van der Waals surface area contributed by atoms with E-state index in [2.05, 4.69) is 5.32 Å². The highest BCUT2D eigenvalue weighted by atomic mass is 16.5. The standard InChI is InChI=1S/C19H19NO6/c1-11-3-7-17(26-2)13(9-11)15(21)6-8-18(23)20-14-5-4-12(19(24)25)10-16(14)22/h3-5,7,9-10,22H,6,8H2,1-2H3,(H,20,23)(H,24,25). The van der Waals surface area contributed by atoms with Crippen LogP contribution in [0.5, 0.6) is 11.5 Å². The number of carbonyl (C=O) groups is 3. The van der Waals surface area contributed by atoms with Crippen LogP contribution in [0, 0.1) is 6.92 Å². The Hall–Kier alpha value is -3.35. The third kappa shape index (κ3) is 4.60. The molecule has 2 rings (SSSR count). The number of aromatic hydroxyl groups is 1. The molecule has 0 spiro atoms. The molecule has 3 N–H and O–H groups in total. The summed E-state index contributed by atoms with van der Waals surface area (Å²) in [5, 5.41) is 21.1. The van der Waals surface area contributed by atoms with Crippen LogP contribution in [0.25, 0.3) is 0 Å². The van der Waals surface area contributed by atoms with Gasteiger partial charge < -0.3 is 20.3 Å². The summed E-state index contributed by atoms with van der Waals surface area (Å²) in [6.07, 6.45) is -0.115. The van der Waals surface area contributed by atoms with E-state index < -0.39 is 11.9 Å². The highest BCUT2D eigenvalue weighted by molar-refractivity contribution is 6.02. The van der Waals surface area contributed by atoms with Gasteiger partial charge in [0.25, 0.3) is 0 Å². The minimum atomic E-state index is -1.18. The Labute approximate surface area is 150 Å². The smallest absolute Gasteiger partial charge is 0.335 e. The summed E-state index contributed by atoms with van der Waals surface area (Å²) in [5.41, 5.74) is 1.30. The number of phenolic OH excluding ortho intramolecular Hbond substituents is 1. The van der Waals surface area contributed by atoms with Crippen molar-refractivity contribution in [2.45, 2.75) is 19.8 Å². The van der Waals surface area contributed by atoms with Gasteiger partial charge >= 0.3 is 5.97 Å². The summed E-state index contributed by atoms with van der Waals surface area (Å²) in [6.45, 7) is 1.85. The molecule has 2 aromatic carbocycles. The number of nitrogens with one attached hydrogen (secondary N) is 1. The molecule has 0 fully saturated rings. The molecule has 136 valence electrons. The van der Waals surface area contributed by atoms with Crippen molar-refractivity contribution in [2.75, 3.05) is 12.4 Å². The Morgan fingerprint density at radius 1 is 1.08 bits per heavy atom. The SMILES string of the molecule is COc1ccc(C)cc1C(=O)CCC(=O)Nc1ccc(C(=O)O)cc1O. The van der Waals surface area contributed by atoms with E-state index in [0.29, 0.717) is 11.3 Å². The van der Waals surface area contributed by atoms with Crippen molar-refractivity contribution in [3.05, 3.63) is 53.1 Å². The fourth-order valence-electron chi connectivity index (χ4n) is 2.38. The number of hydrogen-bond acceptors (Lipinski definition) is 5. The number of ether oxygens (including phenoxy) is 1. The Kier molecular flexibility index (Phi) is 5.95. The molecule has 0 aliphatic heterocycles. The number of aryl methyl sites for hydroxylation is 1. The van der Waals surface area contributed by atoms with Crippen molar-refractivity contribution in [1.82, 2.24) is 0 Å². The summed E-state index contributed by atoms with van der Waals surface area (Å²) in [6, 6.07) is 8.83. The van der Waals surface area contributed by atoms with Gasteiger partial charge in [-0.05, 0) is 37.3 Å². The predicted molar refractivity (Wildman–Crippen MR) is 95.0 cm³/mol. The van der Waals surface area contributed by atoms with Crippen LogP contribution in [0.4, 0.5) is 5.69 Å². The molecule has 0 saturated heterocycles. The van der Waals surface area contributed by atoms with Crippen LogP contribution in [-0.4, -0.2) is 35.0 Å². The highest BCUT2D eigenvalue weighted by Crippen LogP contribution is 2.25. The maximum atomic E-state index is 12.3. The van der Waals surface area contributed by atoms with Gasteiger partial charge in [0.1, 0.15) is 11.5 Å². The first kappa shape index (κ1) is 19.0. The van der Waals surface area contributed by atoms with Gasteiger partial charge in [-0.3, -0.25) is 9.59 Å². The number of hydrogen-bond donors (Lipinski definition) is 3. The number of anilines is 1. The second-order valence-corrected chi connectivity index (χ2v) is 5.71. The lowest BCUT2D eigenvalue weighted by Crippen LogP contribution is -2.14. The number of aromatic carboxylic acids is 1. The highest BCUT2D eigenvalue weighted by Gasteiger charge is 2.15. The maximum Gasteiger partial charge on any atom is 0.335 e. The monoisotopic (exact) mass is 357 g/mol. The van der Waals surface area contributed by atoms with Crippen LogP contribution in [0.15, 0.2) is 36.4 Å². The number of carbonyl (C=O) groups excluding carboxylic acids is 2. The quantitative estimate of drug-likeness (QED) is 0.519. The number of amides is 1. The number of carboxylic acids is 1. The van der Waals surface area contributed by atoms with Crippen molar-refractivity contribution in [3.63, 3.8) is 0 Å². The fraction of sp³-hybridized carbons (Fsp3) is 0.211. The van der Waals surface area contributed by atoms with Crippen molar-refractivity contribution in [2.24, 2.45) is 0 Å². The summed E-state index contributed by atoms with van der Waals surface area (Å²) in [5.74, 6) is -1.79. The number of ketones is 1.